The first-order chi connectivity index (χ1) is 9.24. The average molecular weight is 263 g/mol. The summed E-state index contributed by atoms with van der Waals surface area (Å²) in [5.74, 6) is 0.638. The van der Waals surface area contributed by atoms with E-state index in [-0.39, 0.29) is 30.3 Å². The molecular formula is C15H21NO3. The average Bonchev–Trinajstić information content (AvgIpc) is 3.06. The van der Waals surface area contributed by atoms with Gasteiger partial charge in [-0.25, -0.2) is 0 Å². The lowest BCUT2D eigenvalue weighted by Gasteiger charge is -2.16. The molecular weight excluding hydrogens is 242 g/mol. The lowest BCUT2D eigenvalue weighted by Crippen LogP contribution is -2.33. The molecule has 4 heteroatoms. The predicted octanol–water partition coefficient (Wildman–Crippen LogP) is 1.35. The Kier molecular flexibility index (Phi) is 3.44. The highest BCUT2D eigenvalue weighted by Crippen LogP contribution is 2.52. The maximum absolute atomic E-state index is 12.3. The molecule has 2 fully saturated rings. The molecule has 19 heavy (non-hydrogen) atoms. The summed E-state index contributed by atoms with van der Waals surface area (Å²) >= 11 is 0. The Hall–Kier alpha value is -1.16. The van der Waals surface area contributed by atoms with E-state index in [1.54, 1.807) is 0 Å². The standard InChI is InChI=1S/C15H21NO3/c17-8-4-2-1-3-7-16-14(18)12-10-5-6-11(9-10)13(12)15(16)19/h5-6,10-13,17H,1-4,7-9H2/t10?,11?,12-,13+. The molecule has 0 spiro atoms. The van der Waals surface area contributed by atoms with Crippen LogP contribution in [0.25, 0.3) is 0 Å². The number of amides is 2. The van der Waals surface area contributed by atoms with Crippen LogP contribution in [-0.4, -0.2) is 35.0 Å². The summed E-state index contributed by atoms with van der Waals surface area (Å²) in [7, 11) is 0. The van der Waals surface area contributed by atoms with Gasteiger partial charge in [-0.2, -0.15) is 0 Å². The van der Waals surface area contributed by atoms with Gasteiger partial charge < -0.3 is 5.11 Å². The molecule has 0 aromatic carbocycles. The third-order valence-electron chi connectivity index (χ3n) is 4.85. The number of likely N-dealkylation sites (tertiary alicyclic amines) is 1. The zero-order chi connectivity index (χ0) is 13.4. The van der Waals surface area contributed by atoms with Crippen LogP contribution in [0.5, 0.6) is 0 Å². The summed E-state index contributed by atoms with van der Waals surface area (Å²) in [6.07, 6.45) is 8.85. The van der Waals surface area contributed by atoms with Crippen molar-refractivity contribution in [1.82, 2.24) is 4.90 Å². The monoisotopic (exact) mass is 263 g/mol. The number of hydrogen-bond acceptors (Lipinski definition) is 3. The molecule has 3 aliphatic rings. The molecule has 2 unspecified atom stereocenters. The fourth-order valence-electron chi connectivity index (χ4n) is 3.92. The van der Waals surface area contributed by atoms with Gasteiger partial charge in [-0.1, -0.05) is 25.0 Å². The van der Waals surface area contributed by atoms with Gasteiger partial charge in [-0.15, -0.1) is 0 Å². The first-order valence-electron chi connectivity index (χ1n) is 7.38. The Morgan fingerprint density at radius 2 is 1.58 bits per heavy atom. The molecule has 104 valence electrons. The second-order valence-corrected chi connectivity index (χ2v) is 5.97. The van der Waals surface area contributed by atoms with Crippen molar-refractivity contribution in [1.29, 1.82) is 0 Å². The lowest BCUT2D eigenvalue weighted by molar-refractivity contribution is -0.140. The molecule has 0 aromatic rings. The Morgan fingerprint density at radius 1 is 1.00 bits per heavy atom. The van der Waals surface area contributed by atoms with Crippen molar-refractivity contribution in [3.8, 4) is 0 Å². The van der Waals surface area contributed by atoms with E-state index in [1.165, 1.54) is 4.90 Å². The summed E-state index contributed by atoms with van der Waals surface area (Å²) in [5, 5.41) is 8.71. The van der Waals surface area contributed by atoms with E-state index in [1.807, 2.05) is 0 Å². The summed E-state index contributed by atoms with van der Waals surface area (Å²) in [4.78, 5) is 26.2. The second-order valence-electron chi connectivity index (χ2n) is 5.97. The number of carbonyl (C=O) groups excluding carboxylic acids is 2. The largest absolute Gasteiger partial charge is 0.396 e. The SMILES string of the molecule is O=C1[C@@H]2C3C=CC(C3)[C@@H]2C(=O)N1CCCCCCO. The molecule has 4 nitrogen and oxygen atoms in total. The third-order valence-corrected chi connectivity index (χ3v) is 4.85. The van der Waals surface area contributed by atoms with Gasteiger partial charge in [-0.05, 0) is 31.1 Å². The van der Waals surface area contributed by atoms with Crippen LogP contribution in [0.1, 0.15) is 32.1 Å². The first kappa shape index (κ1) is 12.9. The molecule has 0 aromatic heterocycles. The number of rotatable bonds is 6. The fraction of sp³-hybridized carbons (Fsp3) is 0.733. The van der Waals surface area contributed by atoms with Crippen LogP contribution in [-0.2, 0) is 9.59 Å². The Morgan fingerprint density at radius 3 is 2.16 bits per heavy atom. The molecule has 1 N–H and O–H groups in total. The van der Waals surface area contributed by atoms with Crippen molar-refractivity contribution in [3.63, 3.8) is 0 Å². The highest BCUT2D eigenvalue weighted by molar-refractivity contribution is 6.06. The highest BCUT2D eigenvalue weighted by Gasteiger charge is 2.58. The summed E-state index contributed by atoms with van der Waals surface area (Å²) in [6, 6.07) is 0. The van der Waals surface area contributed by atoms with Gasteiger partial charge in [0.1, 0.15) is 0 Å². The van der Waals surface area contributed by atoms with Gasteiger partial charge >= 0.3 is 0 Å². The van der Waals surface area contributed by atoms with Crippen LogP contribution in [0.3, 0.4) is 0 Å². The first-order valence-corrected chi connectivity index (χ1v) is 7.38. The Labute approximate surface area is 113 Å². The zero-order valence-corrected chi connectivity index (χ0v) is 11.1. The van der Waals surface area contributed by atoms with Gasteiger partial charge in [-0.3, -0.25) is 14.5 Å². The summed E-state index contributed by atoms with van der Waals surface area (Å²) < 4.78 is 0. The van der Waals surface area contributed by atoms with Crippen LogP contribution in [0.2, 0.25) is 0 Å². The van der Waals surface area contributed by atoms with Crippen LogP contribution < -0.4 is 0 Å². The van der Waals surface area contributed by atoms with E-state index in [4.69, 9.17) is 5.11 Å². The maximum atomic E-state index is 12.3. The van der Waals surface area contributed by atoms with E-state index < -0.39 is 0 Å². The quantitative estimate of drug-likeness (QED) is 0.447. The van der Waals surface area contributed by atoms with Crippen molar-refractivity contribution >= 4 is 11.8 Å². The van der Waals surface area contributed by atoms with Gasteiger partial charge in [0.05, 0.1) is 11.8 Å². The minimum atomic E-state index is -0.0556. The Balaban J connectivity index is 1.57. The van der Waals surface area contributed by atoms with E-state index in [9.17, 15) is 9.59 Å². The third kappa shape index (κ3) is 2.02. The number of aliphatic hydroxyl groups is 1. The fourth-order valence-corrected chi connectivity index (χ4v) is 3.92. The van der Waals surface area contributed by atoms with Gasteiger partial charge in [0, 0.05) is 13.2 Å². The van der Waals surface area contributed by atoms with Crippen LogP contribution in [0, 0.1) is 23.7 Å². The second kappa shape index (κ2) is 5.08. The summed E-state index contributed by atoms with van der Waals surface area (Å²) in [6.45, 7) is 0.788. The van der Waals surface area contributed by atoms with Crippen LogP contribution >= 0.6 is 0 Å². The molecule has 1 saturated carbocycles. The van der Waals surface area contributed by atoms with Crippen LogP contribution in [0.15, 0.2) is 12.2 Å². The number of imide groups is 1. The molecule has 0 radical (unpaired) electrons. The maximum Gasteiger partial charge on any atom is 0.233 e. The van der Waals surface area contributed by atoms with Crippen LogP contribution in [0.4, 0.5) is 0 Å². The lowest BCUT2D eigenvalue weighted by atomic mass is 9.85. The minimum Gasteiger partial charge on any atom is -0.396 e. The number of hydrogen-bond donors (Lipinski definition) is 1. The number of carbonyl (C=O) groups is 2. The molecule has 2 amide bonds. The van der Waals surface area contributed by atoms with E-state index >= 15 is 0 Å². The van der Waals surface area contributed by atoms with Gasteiger partial charge in [0.25, 0.3) is 0 Å². The smallest absolute Gasteiger partial charge is 0.233 e. The minimum absolute atomic E-state index is 0.0556. The van der Waals surface area contributed by atoms with E-state index in [0.29, 0.717) is 18.4 Å². The molecule has 1 heterocycles. The molecule has 1 aliphatic heterocycles. The predicted molar refractivity (Wildman–Crippen MR) is 70.0 cm³/mol. The molecule has 2 bridgehead atoms. The number of fused-ring (bicyclic) bond motifs is 5. The molecule has 2 aliphatic carbocycles. The number of nitrogens with zero attached hydrogens (tertiary/aromatic N) is 1. The topological polar surface area (TPSA) is 57.6 Å². The van der Waals surface area contributed by atoms with Crippen molar-refractivity contribution in [2.24, 2.45) is 23.7 Å². The van der Waals surface area contributed by atoms with Gasteiger partial charge in [0.2, 0.25) is 11.8 Å². The normalized spacial score (nSPS) is 35.5. The van der Waals surface area contributed by atoms with Crippen molar-refractivity contribution in [2.45, 2.75) is 32.1 Å². The summed E-state index contributed by atoms with van der Waals surface area (Å²) in [5.41, 5.74) is 0. The van der Waals surface area contributed by atoms with Crippen molar-refractivity contribution in [2.75, 3.05) is 13.2 Å². The molecule has 3 rings (SSSR count). The number of aliphatic hydroxyl groups excluding tert-OH is 1. The molecule has 4 atom stereocenters. The number of allylic oxidation sites excluding steroid dienone is 2. The Bertz CT molecular complexity index is 388. The molecule has 1 saturated heterocycles. The highest BCUT2D eigenvalue weighted by atomic mass is 16.3. The van der Waals surface area contributed by atoms with E-state index in [2.05, 4.69) is 12.2 Å². The van der Waals surface area contributed by atoms with Crippen molar-refractivity contribution < 1.29 is 14.7 Å². The number of unbranched alkanes of at least 4 members (excludes halogenated alkanes) is 3. The van der Waals surface area contributed by atoms with Gasteiger partial charge in [0.15, 0.2) is 0 Å². The van der Waals surface area contributed by atoms with E-state index in [0.717, 1.165) is 32.1 Å². The van der Waals surface area contributed by atoms with Crippen molar-refractivity contribution in [3.05, 3.63) is 12.2 Å². The zero-order valence-electron chi connectivity index (χ0n) is 11.1.